The summed E-state index contributed by atoms with van der Waals surface area (Å²) in [6, 6.07) is 2.53. The maximum atomic E-state index is 14.4. The molecule has 0 radical (unpaired) electrons. The number of anilines is 1. The van der Waals surface area contributed by atoms with Crippen LogP contribution in [0.4, 0.5) is 14.7 Å². The summed E-state index contributed by atoms with van der Waals surface area (Å²) < 4.78 is 34.3. The molecule has 1 aliphatic heterocycles. The van der Waals surface area contributed by atoms with Crippen LogP contribution in [0.2, 0.25) is 0 Å². The lowest BCUT2D eigenvalue weighted by Crippen LogP contribution is -2.36. The number of hydrogen-bond acceptors (Lipinski definition) is 5. The van der Waals surface area contributed by atoms with Crippen molar-refractivity contribution in [1.82, 2.24) is 20.2 Å². The quantitative estimate of drug-likeness (QED) is 0.679. The largest absolute Gasteiger partial charge is 0.487 e. The fourth-order valence-corrected chi connectivity index (χ4v) is 3.47. The zero-order chi connectivity index (χ0) is 20.2. The zero-order valence-corrected chi connectivity index (χ0v) is 16.2. The molecule has 0 aliphatic carbocycles. The molecule has 0 spiro atoms. The van der Waals surface area contributed by atoms with Gasteiger partial charge in [0.25, 0.3) is 0 Å². The van der Waals surface area contributed by atoms with E-state index in [0.29, 0.717) is 11.1 Å². The maximum absolute atomic E-state index is 14.4. The summed E-state index contributed by atoms with van der Waals surface area (Å²) in [6.45, 7) is 3.94. The Hall–Kier alpha value is -3.03. The Kier molecular flexibility index (Phi) is 5.69. The van der Waals surface area contributed by atoms with Gasteiger partial charge in [0.15, 0.2) is 17.4 Å². The summed E-state index contributed by atoms with van der Waals surface area (Å²) in [4.78, 5) is 11.0. The molecule has 2 aromatic heterocycles. The zero-order valence-electron chi connectivity index (χ0n) is 16.2. The Morgan fingerprint density at radius 2 is 1.76 bits per heavy atom. The first-order valence-electron chi connectivity index (χ1n) is 9.81. The van der Waals surface area contributed by atoms with Crippen LogP contribution in [0.1, 0.15) is 25.3 Å². The van der Waals surface area contributed by atoms with Gasteiger partial charge in [0.1, 0.15) is 0 Å². The van der Waals surface area contributed by atoms with E-state index in [1.165, 1.54) is 18.3 Å². The Morgan fingerprint density at radius 3 is 2.34 bits per heavy atom. The smallest absolute Gasteiger partial charge is 0.225 e. The highest BCUT2D eigenvalue weighted by atomic mass is 19.1. The van der Waals surface area contributed by atoms with Gasteiger partial charge in [-0.2, -0.15) is 5.10 Å². The third-order valence-electron chi connectivity index (χ3n) is 5.29. The van der Waals surface area contributed by atoms with Crippen LogP contribution in [0, 0.1) is 17.6 Å². The SMILES string of the molecule is CCc1cnc(N2CCC(COc3c(F)cc(-c4cn[nH]c4)cc3F)CC2)nc1. The molecule has 3 aromatic rings. The molecule has 1 fully saturated rings. The Balaban J connectivity index is 1.33. The second-order valence-corrected chi connectivity index (χ2v) is 7.24. The van der Waals surface area contributed by atoms with Gasteiger partial charge in [0.2, 0.25) is 5.95 Å². The highest BCUT2D eigenvalue weighted by Crippen LogP contribution is 2.30. The number of halogens is 2. The van der Waals surface area contributed by atoms with Crippen molar-refractivity contribution >= 4 is 5.95 Å². The lowest BCUT2D eigenvalue weighted by Gasteiger charge is -2.31. The van der Waals surface area contributed by atoms with E-state index in [1.807, 2.05) is 12.4 Å². The van der Waals surface area contributed by atoms with Crippen LogP contribution in [-0.2, 0) is 6.42 Å². The van der Waals surface area contributed by atoms with Crippen LogP contribution in [0.25, 0.3) is 11.1 Å². The minimum absolute atomic E-state index is 0.230. The molecule has 8 heteroatoms. The summed E-state index contributed by atoms with van der Waals surface area (Å²) >= 11 is 0. The molecule has 1 aromatic carbocycles. The van der Waals surface area contributed by atoms with Crippen LogP contribution in [0.5, 0.6) is 5.75 Å². The van der Waals surface area contributed by atoms with Gasteiger partial charge >= 0.3 is 0 Å². The molecular formula is C21H23F2N5O. The molecule has 4 rings (SSSR count). The number of nitrogens with one attached hydrogen (secondary N) is 1. The molecule has 0 atom stereocenters. The van der Waals surface area contributed by atoms with Gasteiger partial charge in [0, 0.05) is 37.2 Å². The molecule has 0 bridgehead atoms. The summed E-state index contributed by atoms with van der Waals surface area (Å²) in [6.07, 6.45) is 9.44. The average Bonchev–Trinajstić information content (AvgIpc) is 3.29. The van der Waals surface area contributed by atoms with Crippen LogP contribution in [0.3, 0.4) is 0 Å². The normalized spacial score (nSPS) is 14.9. The number of rotatable bonds is 6. The number of aryl methyl sites for hydroxylation is 1. The summed E-state index contributed by atoms with van der Waals surface area (Å²) in [5.74, 6) is -0.772. The number of piperidine rings is 1. The van der Waals surface area contributed by atoms with Crippen LogP contribution in [-0.4, -0.2) is 39.9 Å². The van der Waals surface area contributed by atoms with Crippen LogP contribution >= 0.6 is 0 Å². The molecule has 3 heterocycles. The highest BCUT2D eigenvalue weighted by Gasteiger charge is 2.23. The van der Waals surface area contributed by atoms with Crippen LogP contribution in [0.15, 0.2) is 36.9 Å². The fraction of sp³-hybridized carbons (Fsp3) is 0.381. The molecule has 29 heavy (non-hydrogen) atoms. The van der Waals surface area contributed by atoms with Crippen LogP contribution < -0.4 is 9.64 Å². The molecule has 6 nitrogen and oxygen atoms in total. The van der Waals surface area contributed by atoms with Crippen molar-refractivity contribution in [2.75, 3.05) is 24.6 Å². The van der Waals surface area contributed by atoms with E-state index in [1.54, 1.807) is 6.20 Å². The lowest BCUT2D eigenvalue weighted by molar-refractivity contribution is 0.207. The standard InChI is InChI=1S/C21H23F2N5O/c1-2-14-9-24-21(25-10-14)28-5-3-15(4-6-28)13-29-20-18(22)7-16(8-19(20)23)17-11-26-27-12-17/h7-12,15H,2-6,13H2,1H3,(H,26,27). The number of hydrogen-bond donors (Lipinski definition) is 1. The van der Waals surface area contributed by atoms with Crippen molar-refractivity contribution in [2.45, 2.75) is 26.2 Å². The topological polar surface area (TPSA) is 66.9 Å². The van der Waals surface area contributed by atoms with Gasteiger partial charge in [-0.25, -0.2) is 18.7 Å². The van der Waals surface area contributed by atoms with Gasteiger partial charge < -0.3 is 9.64 Å². The van der Waals surface area contributed by atoms with E-state index in [9.17, 15) is 8.78 Å². The van der Waals surface area contributed by atoms with Gasteiger partial charge in [-0.1, -0.05) is 6.92 Å². The number of H-pyrrole nitrogens is 1. The third kappa shape index (κ3) is 4.36. The average molecular weight is 399 g/mol. The first kappa shape index (κ1) is 19.3. The highest BCUT2D eigenvalue weighted by molar-refractivity contribution is 5.63. The minimum atomic E-state index is -0.706. The van der Waals surface area contributed by atoms with E-state index in [-0.39, 0.29) is 18.3 Å². The molecule has 0 unspecified atom stereocenters. The first-order valence-corrected chi connectivity index (χ1v) is 9.81. The Bertz CT molecular complexity index is 915. The van der Waals surface area contributed by atoms with E-state index < -0.39 is 11.6 Å². The minimum Gasteiger partial charge on any atom is -0.487 e. The predicted octanol–water partition coefficient (Wildman–Crippen LogP) is 4.00. The van der Waals surface area contributed by atoms with Crippen molar-refractivity contribution in [3.05, 3.63) is 54.1 Å². The first-order chi connectivity index (χ1) is 14.1. The third-order valence-corrected chi connectivity index (χ3v) is 5.29. The number of aromatic amines is 1. The second kappa shape index (κ2) is 8.55. The summed E-state index contributed by atoms with van der Waals surface area (Å²) in [5.41, 5.74) is 2.15. The van der Waals surface area contributed by atoms with Crippen molar-refractivity contribution in [3.8, 4) is 16.9 Å². The lowest BCUT2D eigenvalue weighted by atomic mass is 9.98. The predicted molar refractivity (Wildman–Crippen MR) is 106 cm³/mol. The van der Waals surface area contributed by atoms with Gasteiger partial charge in [-0.15, -0.1) is 0 Å². The maximum Gasteiger partial charge on any atom is 0.225 e. The van der Waals surface area contributed by atoms with Gasteiger partial charge in [0.05, 0.1) is 12.8 Å². The van der Waals surface area contributed by atoms with Crippen molar-refractivity contribution in [2.24, 2.45) is 5.92 Å². The number of nitrogens with zero attached hydrogens (tertiary/aromatic N) is 4. The van der Waals surface area contributed by atoms with Crippen molar-refractivity contribution in [1.29, 1.82) is 0 Å². The molecule has 0 saturated carbocycles. The van der Waals surface area contributed by atoms with E-state index in [4.69, 9.17) is 4.74 Å². The van der Waals surface area contributed by atoms with Crippen molar-refractivity contribution in [3.63, 3.8) is 0 Å². The monoisotopic (exact) mass is 399 g/mol. The van der Waals surface area contributed by atoms with E-state index in [0.717, 1.165) is 43.9 Å². The Morgan fingerprint density at radius 1 is 1.07 bits per heavy atom. The summed E-state index contributed by atoms with van der Waals surface area (Å²) in [5, 5.41) is 6.43. The number of aromatic nitrogens is 4. The number of ether oxygens (including phenoxy) is 1. The molecule has 0 amide bonds. The molecule has 1 aliphatic rings. The van der Waals surface area contributed by atoms with E-state index >= 15 is 0 Å². The molecule has 1 N–H and O–H groups in total. The molecular weight excluding hydrogens is 376 g/mol. The summed E-state index contributed by atoms with van der Waals surface area (Å²) in [7, 11) is 0. The molecule has 1 saturated heterocycles. The van der Waals surface area contributed by atoms with Gasteiger partial charge in [-0.05, 0) is 48.4 Å². The second-order valence-electron chi connectivity index (χ2n) is 7.24. The van der Waals surface area contributed by atoms with E-state index in [2.05, 4.69) is 32.0 Å². The molecule has 152 valence electrons. The Labute approximate surface area is 168 Å². The van der Waals surface area contributed by atoms with Crippen molar-refractivity contribution < 1.29 is 13.5 Å². The fourth-order valence-electron chi connectivity index (χ4n) is 3.47. The number of benzene rings is 1. The van der Waals surface area contributed by atoms with Gasteiger partial charge in [-0.3, -0.25) is 5.10 Å².